The molecule has 1 aromatic carbocycles. The molecule has 0 radical (unpaired) electrons. The van der Waals surface area contributed by atoms with Gasteiger partial charge in [0.05, 0.1) is 6.61 Å². The van der Waals surface area contributed by atoms with E-state index in [0.29, 0.717) is 6.04 Å². The monoisotopic (exact) mass is 283 g/mol. The summed E-state index contributed by atoms with van der Waals surface area (Å²) in [4.78, 5) is 0. The van der Waals surface area contributed by atoms with E-state index in [1.165, 1.54) is 11.1 Å². The summed E-state index contributed by atoms with van der Waals surface area (Å²) < 4.78 is 6.84. The maximum Gasteiger partial charge on any atom is 0.127 e. The van der Waals surface area contributed by atoms with Crippen LogP contribution < -0.4 is 10.1 Å². The maximum absolute atomic E-state index is 5.69. The fraction of sp³-hybridized carbons (Fsp3) is 0.538. The second-order valence-corrected chi connectivity index (χ2v) is 5.26. The lowest BCUT2D eigenvalue weighted by atomic mass is 10.1. The zero-order valence-electron chi connectivity index (χ0n) is 9.85. The van der Waals surface area contributed by atoms with Gasteiger partial charge in [0.1, 0.15) is 5.75 Å². The first-order valence-corrected chi connectivity index (χ1v) is 6.67. The van der Waals surface area contributed by atoms with Crippen molar-refractivity contribution in [1.29, 1.82) is 0 Å². The molecule has 1 unspecified atom stereocenters. The van der Waals surface area contributed by atoms with E-state index in [1.54, 1.807) is 0 Å². The lowest BCUT2D eigenvalue weighted by molar-refractivity contribution is 0.351. The molecule has 0 aromatic heterocycles. The third-order valence-electron chi connectivity index (χ3n) is 3.08. The fourth-order valence-electron chi connectivity index (χ4n) is 1.91. The van der Waals surface area contributed by atoms with E-state index < -0.39 is 0 Å². The molecule has 0 aliphatic carbocycles. The van der Waals surface area contributed by atoms with Crippen LogP contribution in [-0.4, -0.2) is 12.6 Å². The molecular weight excluding hydrogens is 266 g/mol. The molecule has 2 nitrogen and oxygen atoms in total. The molecule has 1 aliphatic heterocycles. The zero-order valence-corrected chi connectivity index (χ0v) is 11.4. The summed E-state index contributed by atoms with van der Waals surface area (Å²) in [5, 5.41) is 3.50. The summed E-state index contributed by atoms with van der Waals surface area (Å²) in [7, 11) is 0. The van der Waals surface area contributed by atoms with Crippen molar-refractivity contribution in [3.63, 3.8) is 0 Å². The summed E-state index contributed by atoms with van der Waals surface area (Å²) in [6, 6.07) is 4.87. The van der Waals surface area contributed by atoms with Crippen molar-refractivity contribution in [2.24, 2.45) is 0 Å². The predicted octanol–water partition coefficient (Wildman–Crippen LogP) is 3.27. The first-order valence-electron chi connectivity index (χ1n) is 5.88. The van der Waals surface area contributed by atoms with Gasteiger partial charge in [0, 0.05) is 29.0 Å². The second kappa shape index (κ2) is 5.19. The summed E-state index contributed by atoms with van der Waals surface area (Å²) in [6.07, 6.45) is 2.18. The van der Waals surface area contributed by atoms with Crippen LogP contribution in [0.5, 0.6) is 5.75 Å². The van der Waals surface area contributed by atoms with E-state index >= 15 is 0 Å². The number of rotatable bonds is 4. The van der Waals surface area contributed by atoms with Crippen molar-refractivity contribution >= 4 is 15.9 Å². The minimum Gasteiger partial charge on any atom is -0.493 e. The molecule has 0 bridgehead atoms. The number of benzene rings is 1. The SMILES string of the molecule is CCC(C)NCc1cc(Br)cc2c1OCC2. The largest absolute Gasteiger partial charge is 0.493 e. The van der Waals surface area contributed by atoms with Crippen LogP contribution in [0, 0.1) is 0 Å². The molecule has 0 fully saturated rings. The Morgan fingerprint density at radius 2 is 2.31 bits per heavy atom. The van der Waals surface area contributed by atoms with Crippen molar-refractivity contribution in [2.45, 2.75) is 39.3 Å². The van der Waals surface area contributed by atoms with Crippen LogP contribution in [0.25, 0.3) is 0 Å². The van der Waals surface area contributed by atoms with Crippen LogP contribution in [0.4, 0.5) is 0 Å². The highest BCUT2D eigenvalue weighted by molar-refractivity contribution is 9.10. The molecule has 1 N–H and O–H groups in total. The molecular formula is C13H18BrNO. The van der Waals surface area contributed by atoms with Crippen molar-refractivity contribution in [1.82, 2.24) is 5.32 Å². The third kappa shape index (κ3) is 2.58. The molecule has 0 saturated carbocycles. The highest BCUT2D eigenvalue weighted by Gasteiger charge is 2.17. The van der Waals surface area contributed by atoms with E-state index in [-0.39, 0.29) is 0 Å². The average molecular weight is 284 g/mol. The molecule has 0 amide bonds. The first-order chi connectivity index (χ1) is 7.70. The van der Waals surface area contributed by atoms with Crippen LogP contribution in [0.1, 0.15) is 31.4 Å². The van der Waals surface area contributed by atoms with Gasteiger partial charge in [-0.25, -0.2) is 0 Å². The number of nitrogens with one attached hydrogen (secondary N) is 1. The Morgan fingerprint density at radius 1 is 1.50 bits per heavy atom. The summed E-state index contributed by atoms with van der Waals surface area (Å²) >= 11 is 3.56. The lowest BCUT2D eigenvalue weighted by Gasteiger charge is -2.14. The number of ether oxygens (including phenoxy) is 1. The average Bonchev–Trinajstić information content (AvgIpc) is 2.73. The van der Waals surface area contributed by atoms with E-state index in [9.17, 15) is 0 Å². The number of hydrogen-bond acceptors (Lipinski definition) is 2. The van der Waals surface area contributed by atoms with Gasteiger partial charge in [0.25, 0.3) is 0 Å². The van der Waals surface area contributed by atoms with Crippen molar-refractivity contribution < 1.29 is 4.74 Å². The van der Waals surface area contributed by atoms with Crippen LogP contribution >= 0.6 is 15.9 Å². The van der Waals surface area contributed by atoms with E-state index in [1.807, 2.05) is 0 Å². The number of fused-ring (bicyclic) bond motifs is 1. The van der Waals surface area contributed by atoms with Gasteiger partial charge in [0.2, 0.25) is 0 Å². The van der Waals surface area contributed by atoms with Crippen molar-refractivity contribution in [3.05, 3.63) is 27.7 Å². The van der Waals surface area contributed by atoms with Crippen LogP contribution in [0.3, 0.4) is 0 Å². The zero-order chi connectivity index (χ0) is 11.5. The van der Waals surface area contributed by atoms with Crippen molar-refractivity contribution in [2.75, 3.05) is 6.61 Å². The summed E-state index contributed by atoms with van der Waals surface area (Å²) in [5.41, 5.74) is 2.59. The van der Waals surface area contributed by atoms with Gasteiger partial charge in [-0.05, 0) is 31.0 Å². The first kappa shape index (κ1) is 11.9. The highest BCUT2D eigenvalue weighted by atomic mass is 79.9. The van der Waals surface area contributed by atoms with Gasteiger partial charge in [-0.3, -0.25) is 0 Å². The maximum atomic E-state index is 5.69. The minimum absolute atomic E-state index is 0.552. The number of halogens is 1. The van der Waals surface area contributed by atoms with E-state index in [4.69, 9.17) is 4.74 Å². The molecule has 0 saturated heterocycles. The number of hydrogen-bond donors (Lipinski definition) is 1. The molecule has 1 heterocycles. The molecule has 88 valence electrons. The fourth-order valence-corrected chi connectivity index (χ4v) is 2.46. The van der Waals surface area contributed by atoms with E-state index in [2.05, 4.69) is 47.2 Å². The van der Waals surface area contributed by atoms with Crippen LogP contribution in [0.2, 0.25) is 0 Å². The summed E-state index contributed by atoms with van der Waals surface area (Å²) in [6.45, 7) is 6.11. The molecule has 16 heavy (non-hydrogen) atoms. The van der Waals surface area contributed by atoms with Crippen LogP contribution in [-0.2, 0) is 13.0 Å². The quantitative estimate of drug-likeness (QED) is 0.916. The molecule has 2 rings (SSSR count). The Kier molecular flexibility index (Phi) is 3.87. The van der Waals surface area contributed by atoms with E-state index in [0.717, 1.165) is 36.2 Å². The topological polar surface area (TPSA) is 21.3 Å². The van der Waals surface area contributed by atoms with Crippen molar-refractivity contribution in [3.8, 4) is 5.75 Å². The lowest BCUT2D eigenvalue weighted by Crippen LogP contribution is -2.24. The molecule has 1 atom stereocenters. The summed E-state index contributed by atoms with van der Waals surface area (Å²) in [5.74, 6) is 1.10. The Bertz CT molecular complexity index is 378. The van der Waals surface area contributed by atoms with Gasteiger partial charge >= 0.3 is 0 Å². The Hall–Kier alpha value is -0.540. The minimum atomic E-state index is 0.552. The highest BCUT2D eigenvalue weighted by Crippen LogP contribution is 2.32. The molecule has 1 aliphatic rings. The van der Waals surface area contributed by atoms with Gasteiger partial charge in [-0.1, -0.05) is 22.9 Å². The second-order valence-electron chi connectivity index (χ2n) is 4.34. The molecule has 1 aromatic rings. The Balaban J connectivity index is 2.14. The Morgan fingerprint density at radius 3 is 3.06 bits per heavy atom. The normalized spacial score (nSPS) is 15.7. The van der Waals surface area contributed by atoms with Gasteiger partial charge in [-0.2, -0.15) is 0 Å². The molecule has 3 heteroatoms. The smallest absolute Gasteiger partial charge is 0.127 e. The predicted molar refractivity (Wildman–Crippen MR) is 69.9 cm³/mol. The molecule has 0 spiro atoms. The van der Waals surface area contributed by atoms with Crippen LogP contribution in [0.15, 0.2) is 16.6 Å². The van der Waals surface area contributed by atoms with Gasteiger partial charge < -0.3 is 10.1 Å². The standard InChI is InChI=1S/C13H18BrNO/c1-3-9(2)15-8-11-7-12(14)6-10-4-5-16-13(10)11/h6-7,9,15H,3-5,8H2,1-2H3. The van der Waals surface area contributed by atoms with Gasteiger partial charge in [0.15, 0.2) is 0 Å². The Labute approximate surface area is 106 Å². The van der Waals surface area contributed by atoms with Gasteiger partial charge in [-0.15, -0.1) is 0 Å². The third-order valence-corrected chi connectivity index (χ3v) is 3.54.